The molecule has 0 spiro atoms. The third-order valence-corrected chi connectivity index (χ3v) is 2.47. The molecule has 1 fully saturated rings. The van der Waals surface area contributed by atoms with Crippen LogP contribution < -0.4 is 0 Å². The van der Waals surface area contributed by atoms with Crippen molar-refractivity contribution in [1.82, 2.24) is 0 Å². The largest absolute Gasteiger partial charge is 0.465 e. The van der Waals surface area contributed by atoms with Crippen LogP contribution >= 0.6 is 0 Å². The van der Waals surface area contributed by atoms with Gasteiger partial charge in [0.25, 0.3) is 0 Å². The van der Waals surface area contributed by atoms with Crippen molar-refractivity contribution in [2.75, 3.05) is 19.8 Å². The molecule has 18 heavy (non-hydrogen) atoms. The van der Waals surface area contributed by atoms with Crippen LogP contribution in [-0.2, 0) is 19.0 Å². The van der Waals surface area contributed by atoms with E-state index < -0.39 is 0 Å². The Labute approximate surface area is 105 Å². The van der Waals surface area contributed by atoms with Crippen LogP contribution in [0.25, 0.3) is 6.08 Å². The predicted molar refractivity (Wildman–Crippen MR) is 63.6 cm³/mol. The third kappa shape index (κ3) is 3.45. The first-order valence-corrected chi connectivity index (χ1v) is 5.94. The third-order valence-electron chi connectivity index (χ3n) is 2.47. The molecular formula is C13H16O5. The topological polar surface area (TPSA) is 57.9 Å². The van der Waals surface area contributed by atoms with Crippen LogP contribution in [0.1, 0.15) is 19.1 Å². The second-order valence-corrected chi connectivity index (χ2v) is 3.78. The standard InChI is InChI=1S/C13H16O5/c1-2-15-13(14)10(8-11-4-3-5-16-11)9-12-17-6-7-18-12/h3-5,8,12H,2,6-7,9H2,1H3/b10-8+. The molecule has 98 valence electrons. The van der Waals surface area contributed by atoms with Crippen molar-refractivity contribution < 1.29 is 23.4 Å². The molecule has 0 atom stereocenters. The maximum absolute atomic E-state index is 11.8. The average Bonchev–Trinajstić information content (AvgIpc) is 3.01. The van der Waals surface area contributed by atoms with E-state index in [0.29, 0.717) is 37.6 Å². The summed E-state index contributed by atoms with van der Waals surface area (Å²) < 4.78 is 20.9. The summed E-state index contributed by atoms with van der Waals surface area (Å²) in [6.07, 6.45) is 3.19. The van der Waals surface area contributed by atoms with Crippen LogP contribution in [0.2, 0.25) is 0 Å². The Morgan fingerprint density at radius 2 is 2.28 bits per heavy atom. The highest BCUT2D eigenvalue weighted by Crippen LogP contribution is 2.18. The van der Waals surface area contributed by atoms with Gasteiger partial charge in [0.2, 0.25) is 0 Å². The van der Waals surface area contributed by atoms with Crippen molar-refractivity contribution in [2.45, 2.75) is 19.6 Å². The summed E-state index contributed by atoms with van der Waals surface area (Å²) in [6.45, 7) is 3.22. The minimum Gasteiger partial charge on any atom is -0.465 e. The lowest BCUT2D eigenvalue weighted by molar-refractivity contribution is -0.139. The zero-order valence-corrected chi connectivity index (χ0v) is 10.3. The first-order chi connectivity index (χ1) is 8.79. The zero-order chi connectivity index (χ0) is 12.8. The zero-order valence-electron chi connectivity index (χ0n) is 10.3. The van der Waals surface area contributed by atoms with Gasteiger partial charge in [-0.15, -0.1) is 0 Å². The molecule has 0 aromatic carbocycles. The summed E-state index contributed by atoms with van der Waals surface area (Å²) in [7, 11) is 0. The highest BCUT2D eigenvalue weighted by Gasteiger charge is 2.22. The molecule has 5 heteroatoms. The molecule has 1 saturated heterocycles. The summed E-state index contributed by atoms with van der Waals surface area (Å²) in [4.78, 5) is 11.8. The first kappa shape index (κ1) is 12.9. The Hall–Kier alpha value is -1.59. The molecular weight excluding hydrogens is 236 g/mol. The van der Waals surface area contributed by atoms with Crippen molar-refractivity contribution in [1.29, 1.82) is 0 Å². The number of esters is 1. The molecule has 2 heterocycles. The Bertz CT molecular complexity index is 401. The van der Waals surface area contributed by atoms with E-state index in [9.17, 15) is 4.79 Å². The Kier molecular flexibility index (Phi) is 4.55. The molecule has 0 aliphatic carbocycles. The van der Waals surface area contributed by atoms with Crippen LogP contribution in [-0.4, -0.2) is 32.1 Å². The van der Waals surface area contributed by atoms with Gasteiger partial charge in [-0.3, -0.25) is 0 Å². The van der Waals surface area contributed by atoms with E-state index in [-0.39, 0.29) is 12.3 Å². The predicted octanol–water partition coefficient (Wildman–Crippen LogP) is 1.99. The molecule has 1 aliphatic rings. The fourth-order valence-electron chi connectivity index (χ4n) is 1.67. The quantitative estimate of drug-likeness (QED) is 0.592. The molecule has 0 N–H and O–H groups in total. The molecule has 1 aromatic heterocycles. The van der Waals surface area contributed by atoms with Crippen LogP contribution in [0, 0.1) is 0 Å². The normalized spacial score (nSPS) is 17.1. The number of ether oxygens (including phenoxy) is 3. The van der Waals surface area contributed by atoms with Crippen LogP contribution in [0.15, 0.2) is 28.4 Å². The van der Waals surface area contributed by atoms with E-state index in [4.69, 9.17) is 18.6 Å². The Morgan fingerprint density at radius 1 is 1.50 bits per heavy atom. The molecule has 2 rings (SSSR count). The molecule has 0 amide bonds. The van der Waals surface area contributed by atoms with Gasteiger partial charge in [-0.1, -0.05) is 0 Å². The molecule has 0 bridgehead atoms. The summed E-state index contributed by atoms with van der Waals surface area (Å²) in [5.74, 6) is 0.240. The van der Waals surface area contributed by atoms with Crippen LogP contribution in [0.3, 0.4) is 0 Å². The van der Waals surface area contributed by atoms with Gasteiger partial charge in [0.15, 0.2) is 6.29 Å². The lowest BCUT2D eigenvalue weighted by atomic mass is 10.1. The average molecular weight is 252 g/mol. The molecule has 0 unspecified atom stereocenters. The maximum Gasteiger partial charge on any atom is 0.334 e. The van der Waals surface area contributed by atoms with Gasteiger partial charge < -0.3 is 18.6 Å². The molecule has 1 aromatic rings. The monoisotopic (exact) mass is 252 g/mol. The van der Waals surface area contributed by atoms with Gasteiger partial charge in [-0.2, -0.15) is 0 Å². The van der Waals surface area contributed by atoms with Crippen molar-refractivity contribution in [3.05, 3.63) is 29.7 Å². The van der Waals surface area contributed by atoms with E-state index in [1.165, 1.54) is 0 Å². The fourth-order valence-corrected chi connectivity index (χ4v) is 1.67. The number of furan rings is 1. The van der Waals surface area contributed by atoms with Crippen LogP contribution in [0.5, 0.6) is 0 Å². The Balaban J connectivity index is 2.08. The second kappa shape index (κ2) is 6.37. The van der Waals surface area contributed by atoms with Crippen molar-refractivity contribution in [3.8, 4) is 0 Å². The number of hydrogen-bond donors (Lipinski definition) is 0. The highest BCUT2D eigenvalue weighted by atomic mass is 16.7. The SMILES string of the molecule is CCOC(=O)/C(=C/c1ccco1)CC1OCCO1. The first-order valence-electron chi connectivity index (χ1n) is 5.94. The Morgan fingerprint density at radius 3 is 2.89 bits per heavy atom. The maximum atomic E-state index is 11.8. The number of rotatable bonds is 5. The van der Waals surface area contributed by atoms with Gasteiger partial charge >= 0.3 is 5.97 Å². The number of carbonyl (C=O) groups excluding carboxylic acids is 1. The van der Waals surface area contributed by atoms with E-state index in [0.717, 1.165) is 0 Å². The van der Waals surface area contributed by atoms with E-state index in [1.807, 2.05) is 0 Å². The van der Waals surface area contributed by atoms with Gasteiger partial charge in [0.05, 0.1) is 26.1 Å². The van der Waals surface area contributed by atoms with Gasteiger partial charge in [-0.25, -0.2) is 4.79 Å². The summed E-state index contributed by atoms with van der Waals surface area (Å²) in [5.41, 5.74) is 0.485. The minimum atomic E-state index is -0.379. The molecule has 1 aliphatic heterocycles. The summed E-state index contributed by atoms with van der Waals surface area (Å²) in [5, 5.41) is 0. The fraction of sp³-hybridized carbons (Fsp3) is 0.462. The molecule has 5 nitrogen and oxygen atoms in total. The smallest absolute Gasteiger partial charge is 0.334 e. The van der Waals surface area contributed by atoms with E-state index >= 15 is 0 Å². The van der Waals surface area contributed by atoms with Gasteiger partial charge in [0.1, 0.15) is 5.76 Å². The lowest BCUT2D eigenvalue weighted by Gasteiger charge is -2.11. The van der Waals surface area contributed by atoms with Gasteiger partial charge in [0, 0.05) is 12.0 Å². The summed E-state index contributed by atoms with van der Waals surface area (Å²) >= 11 is 0. The lowest BCUT2D eigenvalue weighted by Crippen LogP contribution is -2.15. The second-order valence-electron chi connectivity index (χ2n) is 3.78. The number of hydrogen-bond acceptors (Lipinski definition) is 5. The van der Waals surface area contributed by atoms with E-state index in [1.54, 1.807) is 31.4 Å². The van der Waals surface area contributed by atoms with Crippen molar-refractivity contribution in [2.24, 2.45) is 0 Å². The highest BCUT2D eigenvalue weighted by molar-refractivity contribution is 5.93. The number of carbonyl (C=O) groups is 1. The van der Waals surface area contributed by atoms with Crippen molar-refractivity contribution >= 4 is 12.0 Å². The van der Waals surface area contributed by atoms with Crippen LogP contribution in [0.4, 0.5) is 0 Å². The van der Waals surface area contributed by atoms with Crippen molar-refractivity contribution in [3.63, 3.8) is 0 Å². The summed E-state index contributed by atoms with van der Waals surface area (Å²) in [6, 6.07) is 3.53. The van der Waals surface area contributed by atoms with E-state index in [2.05, 4.69) is 0 Å². The minimum absolute atomic E-state index is 0.334. The van der Waals surface area contributed by atoms with Gasteiger partial charge in [-0.05, 0) is 25.1 Å². The molecule has 0 radical (unpaired) electrons. The molecule has 0 saturated carbocycles.